The summed E-state index contributed by atoms with van der Waals surface area (Å²) in [6.07, 6.45) is 0. The Labute approximate surface area is 91.2 Å². The first kappa shape index (κ1) is 29.2. The van der Waals surface area contributed by atoms with Crippen LogP contribution in [-0.4, -0.2) is 49.5 Å². The molecule has 0 fully saturated rings. The zero-order valence-electron chi connectivity index (χ0n) is 7.92. The molecule has 0 aromatic rings. The van der Waals surface area contributed by atoms with Crippen LogP contribution in [0.1, 0.15) is 0 Å². The second-order valence-corrected chi connectivity index (χ2v) is 0.730. The third kappa shape index (κ3) is 8610. The summed E-state index contributed by atoms with van der Waals surface area (Å²) in [4.78, 5) is 13.0. The van der Waals surface area contributed by atoms with Gasteiger partial charge < -0.3 is 0 Å². The fraction of sp³-hybridized carbons (Fsp3) is 1.00. The molecule has 0 radical (unpaired) electrons. The Morgan fingerprint density at radius 1 is 0.538 bits per heavy atom. The summed E-state index contributed by atoms with van der Waals surface area (Å²) < 4.78 is 0. The van der Waals surface area contributed by atoms with Crippen LogP contribution < -0.4 is 0 Å². The molecule has 0 atom stereocenters. The zero-order chi connectivity index (χ0) is 10.8. The SMILES string of the molecule is COO.COO.COO.COO.[Ti]. The fourth-order valence-corrected chi connectivity index (χ4v) is 0. The van der Waals surface area contributed by atoms with Gasteiger partial charge in [-0.25, -0.2) is 19.6 Å². The Bertz CT molecular complexity index is 24.1. The maximum absolute atomic E-state index is 7.07. The van der Waals surface area contributed by atoms with Crippen LogP contribution in [0.15, 0.2) is 0 Å². The van der Waals surface area contributed by atoms with Crippen LogP contribution in [0, 0.1) is 0 Å². The summed E-state index contributed by atoms with van der Waals surface area (Å²) in [6.45, 7) is 0. The van der Waals surface area contributed by atoms with Crippen LogP contribution in [0.4, 0.5) is 0 Å². The van der Waals surface area contributed by atoms with E-state index in [-0.39, 0.29) is 21.7 Å². The quantitative estimate of drug-likeness (QED) is 0.273. The standard InChI is InChI=1S/4CH4O2.Ti/c4*1-3-2;/h4*2H,1H3;. The van der Waals surface area contributed by atoms with Crippen molar-refractivity contribution >= 4 is 0 Å². The first-order valence-corrected chi connectivity index (χ1v) is 2.36. The molecule has 8 nitrogen and oxygen atoms in total. The smallest absolute Gasteiger partial charge is 0.0710 e. The van der Waals surface area contributed by atoms with E-state index in [1.807, 2.05) is 0 Å². The molecule has 0 spiro atoms. The van der Waals surface area contributed by atoms with Crippen LogP contribution in [-0.2, 0) is 41.3 Å². The third-order valence-corrected chi connectivity index (χ3v) is 0. The van der Waals surface area contributed by atoms with Gasteiger partial charge in [-0.2, -0.15) is 0 Å². The van der Waals surface area contributed by atoms with E-state index in [4.69, 9.17) is 21.0 Å². The summed E-state index contributed by atoms with van der Waals surface area (Å²) in [5.41, 5.74) is 0. The first-order valence-electron chi connectivity index (χ1n) is 2.36. The van der Waals surface area contributed by atoms with E-state index in [9.17, 15) is 0 Å². The van der Waals surface area contributed by atoms with E-state index < -0.39 is 0 Å². The fourth-order valence-electron chi connectivity index (χ4n) is 0. The molecule has 0 aliphatic rings. The third-order valence-electron chi connectivity index (χ3n) is 0. The summed E-state index contributed by atoms with van der Waals surface area (Å²) in [5, 5.41) is 28.3. The molecule has 0 saturated carbocycles. The van der Waals surface area contributed by atoms with Crippen molar-refractivity contribution in [3.8, 4) is 0 Å². The van der Waals surface area contributed by atoms with Gasteiger partial charge in [-0.15, -0.1) is 0 Å². The number of hydrogen-bond acceptors (Lipinski definition) is 8. The van der Waals surface area contributed by atoms with Crippen molar-refractivity contribution in [2.75, 3.05) is 28.4 Å². The molecule has 0 aliphatic carbocycles. The van der Waals surface area contributed by atoms with Gasteiger partial charge in [0, 0.05) is 21.7 Å². The van der Waals surface area contributed by atoms with E-state index in [0.717, 1.165) is 0 Å². The molecule has 0 rings (SSSR count). The summed E-state index contributed by atoms with van der Waals surface area (Å²) in [5.74, 6) is 0. The molecule has 0 unspecified atom stereocenters. The molecule has 0 amide bonds. The zero-order valence-corrected chi connectivity index (χ0v) is 9.48. The molecule has 0 aliphatic heterocycles. The van der Waals surface area contributed by atoms with Gasteiger partial charge in [-0.3, -0.25) is 21.0 Å². The van der Waals surface area contributed by atoms with Gasteiger partial charge in [-0.1, -0.05) is 0 Å². The van der Waals surface area contributed by atoms with E-state index in [0.29, 0.717) is 0 Å². The first-order chi connectivity index (χ1) is 5.66. The van der Waals surface area contributed by atoms with E-state index in [1.54, 1.807) is 0 Å². The number of hydrogen-bond donors (Lipinski definition) is 4. The van der Waals surface area contributed by atoms with Crippen molar-refractivity contribution < 1.29 is 62.3 Å². The van der Waals surface area contributed by atoms with Crippen LogP contribution in [0.2, 0.25) is 0 Å². The minimum atomic E-state index is 0. The summed E-state index contributed by atoms with van der Waals surface area (Å²) in [6, 6.07) is 0. The summed E-state index contributed by atoms with van der Waals surface area (Å²) in [7, 11) is 4.72. The second-order valence-electron chi connectivity index (χ2n) is 0.730. The van der Waals surface area contributed by atoms with E-state index >= 15 is 0 Å². The largest absolute Gasteiger partial charge is 0.252 e. The molecule has 0 aromatic carbocycles. The molecule has 0 aromatic heterocycles. The Morgan fingerprint density at radius 2 is 0.538 bits per heavy atom. The van der Waals surface area contributed by atoms with Crippen LogP contribution in [0.5, 0.6) is 0 Å². The van der Waals surface area contributed by atoms with Crippen molar-refractivity contribution in [2.24, 2.45) is 0 Å². The normalized spacial score (nSPS) is 5.54. The van der Waals surface area contributed by atoms with Crippen molar-refractivity contribution in [2.45, 2.75) is 0 Å². The van der Waals surface area contributed by atoms with Gasteiger partial charge >= 0.3 is 0 Å². The molecular weight excluding hydrogens is 224 g/mol. The van der Waals surface area contributed by atoms with Crippen LogP contribution in [0.3, 0.4) is 0 Å². The maximum Gasteiger partial charge on any atom is 0.0710 e. The predicted molar refractivity (Wildman–Crippen MR) is 38.6 cm³/mol. The Balaban J connectivity index is -0.0000000213. The van der Waals surface area contributed by atoms with Crippen LogP contribution >= 0.6 is 0 Å². The average molecular weight is 240 g/mol. The van der Waals surface area contributed by atoms with Crippen LogP contribution in [0.25, 0.3) is 0 Å². The van der Waals surface area contributed by atoms with Crippen molar-refractivity contribution in [1.82, 2.24) is 0 Å². The number of rotatable bonds is 0. The Hall–Kier alpha value is 0.394. The molecule has 0 heterocycles. The predicted octanol–water partition coefficient (Wildman–Crippen LogP) is 0.421. The molecule has 0 bridgehead atoms. The monoisotopic (exact) mass is 240 g/mol. The second kappa shape index (κ2) is 83.3. The van der Waals surface area contributed by atoms with Crippen molar-refractivity contribution in [3.05, 3.63) is 0 Å². The van der Waals surface area contributed by atoms with Gasteiger partial charge in [0.25, 0.3) is 0 Å². The van der Waals surface area contributed by atoms with Gasteiger partial charge in [0.15, 0.2) is 0 Å². The van der Waals surface area contributed by atoms with Gasteiger partial charge in [0.2, 0.25) is 0 Å². The molecular formula is C4H16O8Ti. The van der Waals surface area contributed by atoms with Crippen molar-refractivity contribution in [1.29, 1.82) is 0 Å². The Kier molecular flexibility index (Phi) is 187. The molecule has 13 heavy (non-hydrogen) atoms. The molecule has 4 N–H and O–H groups in total. The van der Waals surface area contributed by atoms with E-state index in [2.05, 4.69) is 19.6 Å². The minimum absolute atomic E-state index is 0. The Morgan fingerprint density at radius 3 is 0.538 bits per heavy atom. The van der Waals surface area contributed by atoms with Gasteiger partial charge in [0.05, 0.1) is 28.4 Å². The minimum Gasteiger partial charge on any atom is -0.252 e. The van der Waals surface area contributed by atoms with Crippen molar-refractivity contribution in [3.63, 3.8) is 0 Å². The van der Waals surface area contributed by atoms with Gasteiger partial charge in [0.1, 0.15) is 0 Å². The van der Waals surface area contributed by atoms with Gasteiger partial charge in [-0.05, 0) is 0 Å². The topological polar surface area (TPSA) is 118 Å². The molecule has 84 valence electrons. The molecule has 9 heteroatoms. The summed E-state index contributed by atoms with van der Waals surface area (Å²) >= 11 is 0. The average Bonchev–Trinajstić information content (AvgIpc) is 1.92. The maximum atomic E-state index is 7.07. The molecule has 0 saturated heterocycles. The van der Waals surface area contributed by atoms with E-state index in [1.165, 1.54) is 28.4 Å².